The molecular weight excluding hydrogens is 323 g/mol. The van der Waals surface area contributed by atoms with Crippen molar-refractivity contribution in [1.29, 1.82) is 0 Å². The summed E-state index contributed by atoms with van der Waals surface area (Å²) in [6.45, 7) is 1.24. The second-order valence-corrected chi connectivity index (χ2v) is 6.27. The quantitative estimate of drug-likeness (QED) is 0.813. The van der Waals surface area contributed by atoms with Gasteiger partial charge < -0.3 is 14.0 Å². The molecule has 1 aromatic carbocycles. The van der Waals surface area contributed by atoms with Crippen LogP contribution in [0, 0.1) is 0 Å². The average molecular weight is 341 g/mol. The maximum Gasteiger partial charge on any atom is 0.158 e. The molecule has 4 nitrogen and oxygen atoms in total. The number of halogens is 2. The number of rotatable bonds is 5. The fourth-order valence-corrected chi connectivity index (χ4v) is 3.03. The third kappa shape index (κ3) is 4.23. The lowest BCUT2D eigenvalue weighted by Crippen LogP contribution is -2.32. The van der Waals surface area contributed by atoms with Crippen molar-refractivity contribution >= 4 is 23.2 Å². The number of hydrogen-bond donors (Lipinski definition) is 0. The van der Waals surface area contributed by atoms with Gasteiger partial charge in [-0.25, -0.2) is 4.98 Å². The Bertz CT molecular complexity index is 604. The third-order valence-corrected chi connectivity index (χ3v) is 4.31. The Morgan fingerprint density at radius 3 is 3.00 bits per heavy atom. The van der Waals surface area contributed by atoms with Crippen LogP contribution in [0.1, 0.15) is 24.8 Å². The fourth-order valence-electron chi connectivity index (χ4n) is 2.57. The zero-order valence-corrected chi connectivity index (χ0v) is 13.6. The highest BCUT2D eigenvalue weighted by molar-refractivity contribution is 6.35. The van der Waals surface area contributed by atoms with Crippen LogP contribution in [-0.4, -0.2) is 21.9 Å². The molecule has 0 saturated carbocycles. The van der Waals surface area contributed by atoms with Gasteiger partial charge in [0.25, 0.3) is 0 Å². The van der Waals surface area contributed by atoms with Crippen LogP contribution in [0.3, 0.4) is 0 Å². The molecule has 0 radical (unpaired) electrons. The Balaban J connectivity index is 1.52. The van der Waals surface area contributed by atoms with Crippen molar-refractivity contribution in [2.45, 2.75) is 44.8 Å². The smallest absolute Gasteiger partial charge is 0.158 e. The standard InChI is InChI=1S/C16H18Cl2N2O2/c17-13-5-4-12(15(18)8-13)10-21-16-3-1-2-14(22-16)9-20-7-6-19-11-20/h4-8,11,14,16H,1-3,9-10H2/t14-,16+/m1/s1. The zero-order valence-electron chi connectivity index (χ0n) is 12.1. The zero-order chi connectivity index (χ0) is 15.4. The van der Waals surface area contributed by atoms with Crippen molar-refractivity contribution < 1.29 is 9.47 Å². The first-order valence-corrected chi connectivity index (χ1v) is 8.13. The normalized spacial score (nSPS) is 21.9. The van der Waals surface area contributed by atoms with Crippen molar-refractivity contribution in [3.05, 3.63) is 52.5 Å². The molecule has 1 saturated heterocycles. The summed E-state index contributed by atoms with van der Waals surface area (Å²) in [6, 6.07) is 5.43. The fraction of sp³-hybridized carbons (Fsp3) is 0.438. The highest BCUT2D eigenvalue weighted by Crippen LogP contribution is 2.25. The minimum absolute atomic E-state index is 0.161. The van der Waals surface area contributed by atoms with E-state index in [1.165, 1.54) is 0 Å². The number of ether oxygens (including phenoxy) is 2. The van der Waals surface area contributed by atoms with Gasteiger partial charge in [-0.15, -0.1) is 0 Å². The van der Waals surface area contributed by atoms with Gasteiger partial charge in [-0.3, -0.25) is 0 Å². The highest BCUT2D eigenvalue weighted by atomic mass is 35.5. The van der Waals surface area contributed by atoms with E-state index in [0.29, 0.717) is 16.7 Å². The lowest BCUT2D eigenvalue weighted by atomic mass is 10.1. The van der Waals surface area contributed by atoms with Gasteiger partial charge in [0.15, 0.2) is 6.29 Å². The minimum Gasteiger partial charge on any atom is -0.348 e. The van der Waals surface area contributed by atoms with Gasteiger partial charge in [-0.2, -0.15) is 0 Å². The molecule has 6 heteroatoms. The van der Waals surface area contributed by atoms with E-state index < -0.39 is 0 Å². The summed E-state index contributed by atoms with van der Waals surface area (Å²) >= 11 is 12.1. The lowest BCUT2D eigenvalue weighted by molar-refractivity contribution is -0.201. The molecule has 2 aromatic rings. The Kier molecular flexibility index (Phi) is 5.37. The second kappa shape index (κ2) is 7.47. The Labute approximate surface area is 140 Å². The number of aromatic nitrogens is 2. The maximum absolute atomic E-state index is 6.16. The van der Waals surface area contributed by atoms with E-state index >= 15 is 0 Å². The molecule has 0 aliphatic carbocycles. The number of nitrogens with zero attached hydrogens (tertiary/aromatic N) is 2. The summed E-state index contributed by atoms with van der Waals surface area (Å²) in [5.41, 5.74) is 0.923. The van der Waals surface area contributed by atoms with Crippen LogP contribution in [0.2, 0.25) is 10.0 Å². The van der Waals surface area contributed by atoms with Crippen LogP contribution in [0.4, 0.5) is 0 Å². The predicted molar refractivity (Wildman–Crippen MR) is 86.0 cm³/mol. The summed E-state index contributed by atoms with van der Waals surface area (Å²) in [5.74, 6) is 0. The Hall–Kier alpha value is -1.07. The summed E-state index contributed by atoms with van der Waals surface area (Å²) in [5, 5.41) is 1.25. The van der Waals surface area contributed by atoms with Crippen LogP contribution in [0.25, 0.3) is 0 Å². The largest absolute Gasteiger partial charge is 0.348 e. The number of hydrogen-bond acceptors (Lipinski definition) is 3. The monoisotopic (exact) mass is 340 g/mol. The molecule has 0 unspecified atom stereocenters. The Morgan fingerprint density at radius 2 is 2.23 bits per heavy atom. The molecule has 3 rings (SSSR count). The second-order valence-electron chi connectivity index (χ2n) is 5.42. The van der Waals surface area contributed by atoms with Crippen molar-refractivity contribution in [1.82, 2.24) is 9.55 Å². The first-order valence-electron chi connectivity index (χ1n) is 7.37. The van der Waals surface area contributed by atoms with Crippen LogP contribution >= 0.6 is 23.2 Å². The van der Waals surface area contributed by atoms with Gasteiger partial charge in [0.05, 0.1) is 19.0 Å². The van der Waals surface area contributed by atoms with E-state index in [1.807, 2.05) is 22.9 Å². The lowest BCUT2D eigenvalue weighted by Gasteiger charge is -2.30. The van der Waals surface area contributed by atoms with Crippen molar-refractivity contribution in [2.24, 2.45) is 0 Å². The van der Waals surface area contributed by atoms with Gasteiger partial charge >= 0.3 is 0 Å². The molecule has 2 heterocycles. The van der Waals surface area contributed by atoms with Gasteiger partial charge in [0.2, 0.25) is 0 Å². The predicted octanol–water partition coefficient (Wildman–Crippen LogP) is 4.30. The molecular formula is C16H18Cl2N2O2. The molecule has 118 valence electrons. The third-order valence-electron chi connectivity index (χ3n) is 3.72. The van der Waals surface area contributed by atoms with Crippen LogP contribution in [-0.2, 0) is 22.6 Å². The van der Waals surface area contributed by atoms with Gasteiger partial charge in [-0.1, -0.05) is 29.3 Å². The summed E-state index contributed by atoms with van der Waals surface area (Å²) in [7, 11) is 0. The molecule has 1 fully saturated rings. The Morgan fingerprint density at radius 1 is 1.32 bits per heavy atom. The van der Waals surface area contributed by atoms with Crippen LogP contribution in [0.5, 0.6) is 0 Å². The van der Waals surface area contributed by atoms with E-state index in [4.69, 9.17) is 32.7 Å². The summed E-state index contributed by atoms with van der Waals surface area (Å²) in [6.07, 6.45) is 8.55. The topological polar surface area (TPSA) is 36.3 Å². The summed E-state index contributed by atoms with van der Waals surface area (Å²) < 4.78 is 13.9. The highest BCUT2D eigenvalue weighted by Gasteiger charge is 2.23. The van der Waals surface area contributed by atoms with Gasteiger partial charge in [0, 0.05) is 29.0 Å². The van der Waals surface area contributed by atoms with E-state index in [0.717, 1.165) is 31.4 Å². The molecule has 2 atom stereocenters. The number of benzene rings is 1. The molecule has 0 spiro atoms. The molecule has 0 N–H and O–H groups in total. The van der Waals surface area contributed by atoms with E-state index in [-0.39, 0.29) is 12.4 Å². The van der Waals surface area contributed by atoms with Crippen molar-refractivity contribution in [3.8, 4) is 0 Å². The molecule has 1 aliphatic heterocycles. The number of imidazole rings is 1. The average Bonchev–Trinajstić information content (AvgIpc) is 3.00. The van der Waals surface area contributed by atoms with Crippen LogP contribution in [0.15, 0.2) is 36.9 Å². The summed E-state index contributed by atoms with van der Waals surface area (Å²) in [4.78, 5) is 4.05. The molecule has 0 amide bonds. The minimum atomic E-state index is -0.186. The van der Waals surface area contributed by atoms with E-state index in [9.17, 15) is 0 Å². The SMILES string of the molecule is Clc1ccc(CO[C@@H]2CCC[C@H](Cn3ccnc3)O2)c(Cl)c1. The first kappa shape index (κ1) is 15.8. The van der Waals surface area contributed by atoms with Crippen LogP contribution < -0.4 is 0 Å². The van der Waals surface area contributed by atoms with Crippen molar-refractivity contribution in [3.63, 3.8) is 0 Å². The first-order chi connectivity index (χ1) is 10.7. The van der Waals surface area contributed by atoms with Gasteiger partial charge in [-0.05, 0) is 37.0 Å². The van der Waals surface area contributed by atoms with E-state index in [1.54, 1.807) is 18.6 Å². The molecule has 22 heavy (non-hydrogen) atoms. The van der Waals surface area contributed by atoms with Crippen molar-refractivity contribution in [2.75, 3.05) is 0 Å². The molecule has 0 bridgehead atoms. The van der Waals surface area contributed by atoms with Gasteiger partial charge in [0.1, 0.15) is 0 Å². The maximum atomic E-state index is 6.16. The molecule has 1 aliphatic rings. The molecule has 1 aromatic heterocycles. The van der Waals surface area contributed by atoms with E-state index in [2.05, 4.69) is 4.98 Å².